The highest BCUT2D eigenvalue weighted by atomic mass is 16.6. The van der Waals surface area contributed by atoms with Gasteiger partial charge in [0.15, 0.2) is 6.23 Å². The van der Waals surface area contributed by atoms with E-state index in [1.807, 2.05) is 20.8 Å². The molecular weight excluding hydrogens is 416 g/mol. The van der Waals surface area contributed by atoms with Crippen LogP contribution in [0.2, 0.25) is 0 Å². The smallest absolute Gasteiger partial charge is 0.306 e. The number of aliphatic hydroxyl groups excluding tert-OH is 1. The van der Waals surface area contributed by atoms with E-state index in [1.54, 1.807) is 18.2 Å². The van der Waals surface area contributed by atoms with Gasteiger partial charge in [0.1, 0.15) is 17.4 Å². The number of fused-ring (bicyclic) bond motifs is 1. The molecule has 2 heterocycles. The van der Waals surface area contributed by atoms with E-state index in [0.717, 1.165) is 17.7 Å². The van der Waals surface area contributed by atoms with Gasteiger partial charge in [0.2, 0.25) is 11.8 Å². The Kier molecular flexibility index (Phi) is 5.70. The first kappa shape index (κ1) is 22.3. The zero-order valence-corrected chi connectivity index (χ0v) is 18.4. The van der Waals surface area contributed by atoms with E-state index >= 15 is 0 Å². The molecule has 9 heteroatoms. The second-order valence-corrected chi connectivity index (χ2v) is 9.67. The number of carbonyl (C=O) groups excluding carboxylic acids is 4. The molecule has 3 amide bonds. The van der Waals surface area contributed by atoms with Crippen molar-refractivity contribution in [1.29, 1.82) is 0 Å². The molecule has 172 valence electrons. The van der Waals surface area contributed by atoms with Crippen molar-refractivity contribution >= 4 is 23.7 Å². The van der Waals surface area contributed by atoms with Crippen LogP contribution < -0.4 is 10.1 Å². The summed E-state index contributed by atoms with van der Waals surface area (Å²) in [5, 5.41) is 12.8. The summed E-state index contributed by atoms with van der Waals surface area (Å²) in [5.41, 5.74) is 0.188. The van der Waals surface area contributed by atoms with Crippen LogP contribution in [0.15, 0.2) is 18.2 Å². The quantitative estimate of drug-likeness (QED) is 0.525. The van der Waals surface area contributed by atoms with Gasteiger partial charge in [-0.25, -0.2) is 0 Å². The molecule has 2 N–H and O–H groups in total. The molecule has 0 aromatic heterocycles. The van der Waals surface area contributed by atoms with Crippen LogP contribution in [0.1, 0.15) is 75.0 Å². The van der Waals surface area contributed by atoms with E-state index in [2.05, 4.69) is 5.32 Å². The Bertz CT molecular complexity index is 962. The molecule has 4 rings (SSSR count). The van der Waals surface area contributed by atoms with E-state index in [4.69, 9.17) is 9.47 Å². The zero-order chi connectivity index (χ0) is 23.2. The van der Waals surface area contributed by atoms with Gasteiger partial charge in [-0.1, -0.05) is 6.07 Å². The Labute approximate surface area is 186 Å². The summed E-state index contributed by atoms with van der Waals surface area (Å²) in [4.78, 5) is 49.6. The predicted octanol–water partition coefficient (Wildman–Crippen LogP) is 1.83. The van der Waals surface area contributed by atoms with E-state index in [1.165, 1.54) is 0 Å². The molecular formula is C23H28N2O7. The Hall–Kier alpha value is -2.94. The van der Waals surface area contributed by atoms with Crippen molar-refractivity contribution < 1.29 is 33.8 Å². The minimum absolute atomic E-state index is 0.0619. The highest BCUT2D eigenvalue weighted by molar-refractivity contribution is 6.05. The van der Waals surface area contributed by atoms with E-state index in [0.29, 0.717) is 17.7 Å². The van der Waals surface area contributed by atoms with Gasteiger partial charge in [-0.15, -0.1) is 0 Å². The summed E-state index contributed by atoms with van der Waals surface area (Å²) in [7, 11) is 0. The molecule has 1 saturated heterocycles. The van der Waals surface area contributed by atoms with Crippen LogP contribution >= 0.6 is 0 Å². The summed E-state index contributed by atoms with van der Waals surface area (Å²) in [6, 6.07) is 3.99. The largest absolute Gasteiger partial charge is 0.490 e. The second kappa shape index (κ2) is 8.20. The number of nitrogens with zero attached hydrogens (tertiary/aromatic N) is 1. The Balaban J connectivity index is 1.36. The summed E-state index contributed by atoms with van der Waals surface area (Å²) in [5.74, 6) is -0.948. The lowest BCUT2D eigenvalue weighted by atomic mass is 9.80. The number of imide groups is 1. The molecule has 32 heavy (non-hydrogen) atoms. The van der Waals surface area contributed by atoms with Crippen LogP contribution in [-0.4, -0.2) is 51.4 Å². The van der Waals surface area contributed by atoms with E-state index in [9.17, 15) is 24.3 Å². The van der Waals surface area contributed by atoms with Gasteiger partial charge in [0.05, 0.1) is 11.7 Å². The van der Waals surface area contributed by atoms with Gasteiger partial charge in [-0.2, -0.15) is 0 Å². The van der Waals surface area contributed by atoms with Crippen molar-refractivity contribution in [2.45, 2.75) is 76.9 Å². The average Bonchev–Trinajstić information content (AvgIpc) is 2.89. The lowest BCUT2D eigenvalue weighted by Crippen LogP contribution is -2.53. The molecule has 1 aliphatic carbocycles. The number of rotatable bonds is 5. The number of aliphatic hydroxyl groups is 1. The van der Waals surface area contributed by atoms with Gasteiger partial charge < -0.3 is 14.6 Å². The van der Waals surface area contributed by atoms with Crippen LogP contribution in [0.25, 0.3) is 0 Å². The third-order valence-corrected chi connectivity index (χ3v) is 5.95. The maximum absolute atomic E-state index is 12.9. The van der Waals surface area contributed by atoms with Gasteiger partial charge in [0, 0.05) is 18.4 Å². The van der Waals surface area contributed by atoms with Crippen molar-refractivity contribution in [3.8, 4) is 5.75 Å². The molecule has 1 saturated carbocycles. The van der Waals surface area contributed by atoms with Crippen molar-refractivity contribution in [2.75, 3.05) is 0 Å². The summed E-state index contributed by atoms with van der Waals surface area (Å²) >= 11 is 0. The highest BCUT2D eigenvalue weighted by Crippen LogP contribution is 2.39. The summed E-state index contributed by atoms with van der Waals surface area (Å²) in [6.45, 7) is 5.51. The number of hydrogen-bond donors (Lipinski definition) is 2. The van der Waals surface area contributed by atoms with Crippen molar-refractivity contribution in [1.82, 2.24) is 10.2 Å². The molecule has 2 aliphatic heterocycles. The van der Waals surface area contributed by atoms with E-state index < -0.39 is 29.7 Å². The number of benzene rings is 1. The van der Waals surface area contributed by atoms with Gasteiger partial charge in [-0.3, -0.25) is 29.4 Å². The number of amides is 3. The first-order chi connectivity index (χ1) is 15.0. The lowest BCUT2D eigenvalue weighted by molar-refractivity contribution is -0.157. The van der Waals surface area contributed by atoms with Crippen molar-refractivity contribution in [2.24, 2.45) is 5.92 Å². The molecule has 9 nitrogen and oxygen atoms in total. The number of nitrogens with one attached hydrogen (secondary N) is 1. The zero-order valence-electron chi connectivity index (χ0n) is 18.4. The SMILES string of the molecule is CC(C)(C)OC(=O)CC1CC(Oc2ccc3c(c2)C(=O)N(C2CCC(=O)NC2=O)C3O)C1. The fourth-order valence-corrected chi connectivity index (χ4v) is 4.43. The molecule has 2 atom stereocenters. The molecule has 3 aliphatic rings. The number of piperidine rings is 1. The highest BCUT2D eigenvalue weighted by Gasteiger charge is 2.44. The first-order valence-electron chi connectivity index (χ1n) is 10.9. The van der Waals surface area contributed by atoms with Gasteiger partial charge in [-0.05, 0) is 58.1 Å². The lowest BCUT2D eigenvalue weighted by Gasteiger charge is -2.35. The van der Waals surface area contributed by atoms with Crippen LogP contribution in [0.4, 0.5) is 0 Å². The maximum atomic E-state index is 12.9. The van der Waals surface area contributed by atoms with Crippen LogP contribution in [0, 0.1) is 5.92 Å². The number of ether oxygens (including phenoxy) is 2. The fourth-order valence-electron chi connectivity index (χ4n) is 4.43. The van der Waals surface area contributed by atoms with Crippen LogP contribution in [0.3, 0.4) is 0 Å². The summed E-state index contributed by atoms with van der Waals surface area (Å²) in [6.07, 6.45) is 0.762. The second-order valence-electron chi connectivity index (χ2n) is 9.67. The van der Waals surface area contributed by atoms with Crippen molar-refractivity contribution in [3.05, 3.63) is 29.3 Å². The fraction of sp³-hybridized carbons (Fsp3) is 0.565. The molecule has 0 radical (unpaired) electrons. The molecule has 1 aromatic rings. The van der Waals surface area contributed by atoms with Gasteiger partial charge >= 0.3 is 5.97 Å². The average molecular weight is 444 g/mol. The van der Waals surface area contributed by atoms with Crippen LogP contribution in [-0.2, 0) is 19.1 Å². The minimum atomic E-state index is -1.25. The molecule has 2 fully saturated rings. The van der Waals surface area contributed by atoms with Crippen LogP contribution in [0.5, 0.6) is 5.75 Å². The predicted molar refractivity (Wildman–Crippen MR) is 111 cm³/mol. The van der Waals surface area contributed by atoms with Crippen molar-refractivity contribution in [3.63, 3.8) is 0 Å². The Morgan fingerprint density at radius 3 is 2.59 bits per heavy atom. The third kappa shape index (κ3) is 4.48. The topological polar surface area (TPSA) is 122 Å². The Morgan fingerprint density at radius 2 is 1.94 bits per heavy atom. The molecule has 1 aromatic carbocycles. The first-order valence-corrected chi connectivity index (χ1v) is 10.9. The molecule has 2 unspecified atom stereocenters. The Morgan fingerprint density at radius 1 is 1.22 bits per heavy atom. The van der Waals surface area contributed by atoms with Gasteiger partial charge in [0.25, 0.3) is 5.91 Å². The minimum Gasteiger partial charge on any atom is -0.490 e. The number of hydrogen-bond acceptors (Lipinski definition) is 7. The standard InChI is InChI=1S/C23H28N2O7/c1-23(2,3)32-19(27)10-12-8-14(9-12)31-13-4-5-15-16(11-13)22(30)25(21(15)29)17-6-7-18(26)24-20(17)28/h4-5,11-12,14,17,21,29H,6-10H2,1-3H3,(H,24,26,28). The summed E-state index contributed by atoms with van der Waals surface area (Å²) < 4.78 is 11.3. The van der Waals surface area contributed by atoms with E-state index in [-0.39, 0.29) is 42.3 Å². The molecule has 0 bridgehead atoms. The number of carbonyl (C=O) groups is 4. The maximum Gasteiger partial charge on any atom is 0.306 e. The normalized spacial score (nSPS) is 27.5. The third-order valence-electron chi connectivity index (χ3n) is 5.95. The number of esters is 1. The molecule has 0 spiro atoms. The monoisotopic (exact) mass is 444 g/mol.